The maximum atomic E-state index is 12.5. The van der Waals surface area contributed by atoms with Crippen molar-refractivity contribution in [3.63, 3.8) is 0 Å². The van der Waals surface area contributed by atoms with Crippen LogP contribution in [0.1, 0.15) is 23.3 Å². The summed E-state index contributed by atoms with van der Waals surface area (Å²) in [5.74, 6) is -0.0386. The lowest BCUT2D eigenvalue weighted by atomic mass is 10.2. The van der Waals surface area contributed by atoms with Gasteiger partial charge in [0.2, 0.25) is 0 Å². The lowest BCUT2D eigenvalue weighted by Gasteiger charge is -2.11. The van der Waals surface area contributed by atoms with E-state index in [4.69, 9.17) is 4.74 Å². The average molecular weight is 311 g/mol. The quantitative estimate of drug-likeness (QED) is 0.808. The molecule has 0 aliphatic carbocycles. The van der Waals surface area contributed by atoms with Gasteiger partial charge in [0.25, 0.3) is 5.91 Å². The molecule has 0 spiro atoms. The van der Waals surface area contributed by atoms with Crippen LogP contribution in [0.5, 0.6) is 0 Å². The Morgan fingerprint density at radius 1 is 1.26 bits per heavy atom. The third kappa shape index (κ3) is 2.23. The molecule has 0 radical (unpaired) electrons. The highest BCUT2D eigenvalue weighted by molar-refractivity contribution is 6.10. The van der Waals surface area contributed by atoms with Crippen molar-refractivity contribution in [2.45, 2.75) is 18.9 Å². The molecule has 0 bridgehead atoms. The van der Waals surface area contributed by atoms with Gasteiger partial charge in [0.15, 0.2) is 0 Å². The topological polar surface area (TPSA) is 48.2 Å². The molecule has 1 amide bonds. The molecule has 5 nitrogen and oxygen atoms in total. The molecule has 1 aromatic carbocycles. The van der Waals surface area contributed by atoms with E-state index in [9.17, 15) is 4.79 Å². The van der Waals surface area contributed by atoms with Crippen molar-refractivity contribution in [3.8, 4) is 0 Å². The van der Waals surface area contributed by atoms with Gasteiger partial charge in [-0.2, -0.15) is 0 Å². The maximum Gasteiger partial charge on any atom is 0.268 e. The van der Waals surface area contributed by atoms with E-state index in [0.717, 1.165) is 30.5 Å². The third-order valence-corrected chi connectivity index (χ3v) is 4.84. The van der Waals surface area contributed by atoms with Crippen LogP contribution in [0.25, 0.3) is 21.9 Å². The molecule has 23 heavy (non-hydrogen) atoms. The van der Waals surface area contributed by atoms with Crippen molar-refractivity contribution >= 4 is 27.8 Å². The fourth-order valence-electron chi connectivity index (χ4n) is 3.58. The van der Waals surface area contributed by atoms with Gasteiger partial charge in [-0.1, -0.05) is 18.2 Å². The maximum absolute atomic E-state index is 12.5. The van der Waals surface area contributed by atoms with Crippen LogP contribution < -0.4 is 5.32 Å². The van der Waals surface area contributed by atoms with Gasteiger partial charge in [0.1, 0.15) is 5.69 Å². The van der Waals surface area contributed by atoms with Crippen molar-refractivity contribution < 1.29 is 9.53 Å². The molecule has 120 valence electrons. The van der Waals surface area contributed by atoms with Crippen LogP contribution in [-0.2, 0) is 18.8 Å². The number of hydrogen-bond donors (Lipinski definition) is 1. The fraction of sp³-hybridized carbons (Fsp3) is 0.389. The Bertz CT molecular complexity index is 885. The van der Waals surface area contributed by atoms with Crippen LogP contribution in [0.2, 0.25) is 0 Å². The number of aromatic nitrogens is 2. The fourth-order valence-corrected chi connectivity index (χ4v) is 3.58. The SMILES string of the molecule is Cn1c(C(=O)NCC2CCCO2)cc2c1c1ccccc1n2C. The second-order valence-electron chi connectivity index (χ2n) is 6.24. The first-order valence-corrected chi connectivity index (χ1v) is 8.09. The number of carbonyl (C=O) groups excluding carboxylic acids is 1. The minimum atomic E-state index is -0.0386. The van der Waals surface area contributed by atoms with Gasteiger partial charge in [-0.05, 0) is 25.0 Å². The Balaban J connectivity index is 1.69. The highest BCUT2D eigenvalue weighted by atomic mass is 16.5. The van der Waals surface area contributed by atoms with Gasteiger partial charge in [-0.3, -0.25) is 4.79 Å². The number of fused-ring (bicyclic) bond motifs is 3. The predicted octanol–water partition coefficient (Wildman–Crippen LogP) is 2.58. The number of amides is 1. The summed E-state index contributed by atoms with van der Waals surface area (Å²) in [6.07, 6.45) is 2.27. The summed E-state index contributed by atoms with van der Waals surface area (Å²) in [5.41, 5.74) is 4.05. The van der Waals surface area contributed by atoms with Gasteiger partial charge in [-0.15, -0.1) is 0 Å². The Kier molecular flexibility index (Phi) is 3.38. The zero-order valence-electron chi connectivity index (χ0n) is 13.5. The monoisotopic (exact) mass is 311 g/mol. The third-order valence-electron chi connectivity index (χ3n) is 4.84. The molecule has 1 saturated heterocycles. The number of ether oxygens (including phenoxy) is 1. The zero-order valence-corrected chi connectivity index (χ0v) is 13.5. The molecule has 1 N–H and O–H groups in total. The molecule has 4 rings (SSSR count). The summed E-state index contributed by atoms with van der Waals surface area (Å²) >= 11 is 0. The molecule has 1 atom stereocenters. The second kappa shape index (κ2) is 5.42. The van der Waals surface area contributed by atoms with Crippen molar-refractivity contribution in [1.82, 2.24) is 14.5 Å². The van der Waals surface area contributed by atoms with Crippen molar-refractivity contribution in [2.24, 2.45) is 14.1 Å². The van der Waals surface area contributed by atoms with Crippen molar-refractivity contribution in [2.75, 3.05) is 13.2 Å². The van der Waals surface area contributed by atoms with E-state index in [0.29, 0.717) is 12.2 Å². The van der Waals surface area contributed by atoms with E-state index >= 15 is 0 Å². The van der Waals surface area contributed by atoms with Gasteiger partial charge >= 0.3 is 0 Å². The first-order valence-electron chi connectivity index (χ1n) is 8.09. The molecular formula is C18H21N3O2. The summed E-state index contributed by atoms with van der Waals surface area (Å²) in [5, 5.41) is 4.18. The van der Waals surface area contributed by atoms with E-state index in [2.05, 4.69) is 22.0 Å². The Morgan fingerprint density at radius 3 is 2.87 bits per heavy atom. The largest absolute Gasteiger partial charge is 0.376 e. The van der Waals surface area contributed by atoms with Gasteiger partial charge in [0, 0.05) is 32.6 Å². The second-order valence-corrected chi connectivity index (χ2v) is 6.24. The molecule has 1 fully saturated rings. The summed E-state index contributed by atoms with van der Waals surface area (Å²) in [6, 6.07) is 10.3. The summed E-state index contributed by atoms with van der Waals surface area (Å²) in [6.45, 7) is 1.39. The highest BCUT2D eigenvalue weighted by Gasteiger charge is 2.21. The molecular weight excluding hydrogens is 290 g/mol. The molecule has 1 aliphatic heterocycles. The highest BCUT2D eigenvalue weighted by Crippen LogP contribution is 2.30. The molecule has 3 heterocycles. The van der Waals surface area contributed by atoms with E-state index in [1.165, 1.54) is 10.9 Å². The normalized spacial score (nSPS) is 18.1. The van der Waals surface area contributed by atoms with Crippen LogP contribution in [0.15, 0.2) is 30.3 Å². The van der Waals surface area contributed by atoms with Crippen molar-refractivity contribution in [1.29, 1.82) is 0 Å². The van der Waals surface area contributed by atoms with E-state index in [1.807, 2.05) is 36.9 Å². The Labute approximate surface area is 134 Å². The Morgan fingerprint density at radius 2 is 2.09 bits per heavy atom. The number of aryl methyl sites for hydroxylation is 2. The number of hydrogen-bond acceptors (Lipinski definition) is 2. The standard InChI is InChI=1S/C18H21N3O2/c1-20-14-8-4-3-7-13(14)17-15(20)10-16(21(17)2)18(22)19-11-12-6-5-9-23-12/h3-4,7-8,10,12H,5-6,9,11H2,1-2H3,(H,19,22). The van der Waals surface area contributed by atoms with Gasteiger partial charge in [0.05, 0.1) is 22.7 Å². The number of rotatable bonds is 3. The van der Waals surface area contributed by atoms with Gasteiger partial charge < -0.3 is 19.2 Å². The Hall–Kier alpha value is -2.27. The molecule has 2 aromatic heterocycles. The number of carbonyl (C=O) groups is 1. The number of para-hydroxylation sites is 1. The minimum absolute atomic E-state index is 0.0386. The number of nitrogens with one attached hydrogen (secondary N) is 1. The molecule has 1 aliphatic rings. The lowest BCUT2D eigenvalue weighted by Crippen LogP contribution is -2.32. The predicted molar refractivity (Wildman–Crippen MR) is 90.7 cm³/mol. The molecule has 1 unspecified atom stereocenters. The molecule has 5 heteroatoms. The van der Waals surface area contributed by atoms with E-state index in [-0.39, 0.29) is 12.0 Å². The summed E-state index contributed by atoms with van der Waals surface area (Å²) in [7, 11) is 3.99. The van der Waals surface area contributed by atoms with E-state index in [1.54, 1.807) is 0 Å². The van der Waals surface area contributed by atoms with Crippen molar-refractivity contribution in [3.05, 3.63) is 36.0 Å². The minimum Gasteiger partial charge on any atom is -0.376 e. The van der Waals surface area contributed by atoms with Crippen LogP contribution in [0.4, 0.5) is 0 Å². The summed E-state index contributed by atoms with van der Waals surface area (Å²) in [4.78, 5) is 12.5. The number of benzene rings is 1. The van der Waals surface area contributed by atoms with Crippen LogP contribution >= 0.6 is 0 Å². The molecule has 3 aromatic rings. The first kappa shape index (κ1) is 14.3. The van der Waals surface area contributed by atoms with Gasteiger partial charge in [-0.25, -0.2) is 0 Å². The van der Waals surface area contributed by atoms with E-state index < -0.39 is 0 Å². The summed E-state index contributed by atoms with van der Waals surface area (Å²) < 4.78 is 9.69. The molecule has 0 saturated carbocycles. The average Bonchev–Trinajstić information content (AvgIpc) is 3.25. The first-order chi connectivity index (χ1) is 11.2. The van der Waals surface area contributed by atoms with Crippen LogP contribution in [0.3, 0.4) is 0 Å². The van der Waals surface area contributed by atoms with Crippen LogP contribution in [0, 0.1) is 0 Å². The zero-order chi connectivity index (χ0) is 16.0. The smallest absolute Gasteiger partial charge is 0.268 e. The van der Waals surface area contributed by atoms with Crippen LogP contribution in [-0.4, -0.2) is 34.3 Å². The number of nitrogens with zero attached hydrogens (tertiary/aromatic N) is 2. The lowest BCUT2D eigenvalue weighted by molar-refractivity contribution is 0.0851.